The van der Waals surface area contributed by atoms with Crippen molar-refractivity contribution in [2.75, 3.05) is 5.75 Å². The molecule has 2 rings (SSSR count). The largest absolute Gasteiger partial charge is 0.362 e. The molecular formula is C13H15N3OS. The SMILES string of the molecule is Cc1ccnc(SCC(=O)c2cc(C)[nH]c2C)n1. The van der Waals surface area contributed by atoms with Gasteiger partial charge in [-0.1, -0.05) is 11.8 Å². The summed E-state index contributed by atoms with van der Waals surface area (Å²) in [6.07, 6.45) is 1.71. The van der Waals surface area contributed by atoms with Gasteiger partial charge in [-0.25, -0.2) is 9.97 Å². The molecule has 0 aliphatic rings. The van der Waals surface area contributed by atoms with Gasteiger partial charge in [0.25, 0.3) is 0 Å². The van der Waals surface area contributed by atoms with Crippen molar-refractivity contribution >= 4 is 17.5 Å². The molecular weight excluding hydrogens is 246 g/mol. The molecule has 0 fully saturated rings. The van der Waals surface area contributed by atoms with Crippen LogP contribution in [0.4, 0.5) is 0 Å². The van der Waals surface area contributed by atoms with Gasteiger partial charge in [-0.05, 0) is 32.9 Å². The maximum atomic E-state index is 12.0. The molecule has 2 heterocycles. The number of aromatic nitrogens is 3. The number of aromatic amines is 1. The summed E-state index contributed by atoms with van der Waals surface area (Å²) in [6.45, 7) is 5.77. The van der Waals surface area contributed by atoms with Crippen molar-refractivity contribution in [3.05, 3.63) is 41.0 Å². The quantitative estimate of drug-likeness (QED) is 0.522. The topological polar surface area (TPSA) is 58.6 Å². The van der Waals surface area contributed by atoms with Gasteiger partial charge in [0, 0.05) is 28.8 Å². The van der Waals surface area contributed by atoms with E-state index in [1.165, 1.54) is 11.8 Å². The molecule has 0 aliphatic heterocycles. The zero-order chi connectivity index (χ0) is 13.1. The van der Waals surface area contributed by atoms with E-state index in [1.54, 1.807) is 6.20 Å². The standard InChI is InChI=1S/C13H15N3OS/c1-8-4-5-14-13(16-8)18-7-12(17)11-6-9(2)15-10(11)3/h4-6,15H,7H2,1-3H3. The van der Waals surface area contributed by atoms with E-state index in [2.05, 4.69) is 15.0 Å². The van der Waals surface area contributed by atoms with Gasteiger partial charge in [-0.3, -0.25) is 4.79 Å². The highest BCUT2D eigenvalue weighted by molar-refractivity contribution is 7.99. The number of ketones is 1. The zero-order valence-electron chi connectivity index (χ0n) is 10.7. The Labute approximate surface area is 110 Å². The van der Waals surface area contributed by atoms with Crippen LogP contribution in [0.5, 0.6) is 0 Å². The fourth-order valence-electron chi connectivity index (χ4n) is 1.72. The predicted molar refractivity (Wildman–Crippen MR) is 72.1 cm³/mol. The second kappa shape index (κ2) is 5.35. The van der Waals surface area contributed by atoms with Crippen LogP contribution in [-0.2, 0) is 0 Å². The van der Waals surface area contributed by atoms with E-state index in [0.717, 1.165) is 22.6 Å². The first kappa shape index (κ1) is 12.8. The van der Waals surface area contributed by atoms with Crippen molar-refractivity contribution in [3.8, 4) is 0 Å². The number of rotatable bonds is 4. The second-order valence-electron chi connectivity index (χ2n) is 4.18. The van der Waals surface area contributed by atoms with E-state index >= 15 is 0 Å². The lowest BCUT2D eigenvalue weighted by Crippen LogP contribution is -2.03. The number of H-pyrrole nitrogens is 1. The fraction of sp³-hybridized carbons (Fsp3) is 0.308. The number of carbonyl (C=O) groups excluding carboxylic acids is 1. The van der Waals surface area contributed by atoms with Crippen molar-refractivity contribution in [2.24, 2.45) is 0 Å². The van der Waals surface area contributed by atoms with Crippen LogP contribution in [0.3, 0.4) is 0 Å². The highest BCUT2D eigenvalue weighted by atomic mass is 32.2. The number of hydrogen-bond donors (Lipinski definition) is 1. The van der Waals surface area contributed by atoms with Crippen molar-refractivity contribution in [1.82, 2.24) is 15.0 Å². The van der Waals surface area contributed by atoms with Gasteiger partial charge in [-0.15, -0.1) is 0 Å². The molecule has 2 aromatic rings. The Morgan fingerprint density at radius 3 is 2.78 bits per heavy atom. The summed E-state index contributed by atoms with van der Waals surface area (Å²) in [4.78, 5) is 23.6. The lowest BCUT2D eigenvalue weighted by Gasteiger charge is -2.00. The summed E-state index contributed by atoms with van der Waals surface area (Å²) in [7, 11) is 0. The minimum Gasteiger partial charge on any atom is -0.362 e. The normalized spacial score (nSPS) is 10.6. The summed E-state index contributed by atoms with van der Waals surface area (Å²) >= 11 is 1.37. The second-order valence-corrected chi connectivity index (χ2v) is 5.13. The first-order valence-electron chi connectivity index (χ1n) is 5.68. The van der Waals surface area contributed by atoms with E-state index in [0.29, 0.717) is 10.9 Å². The molecule has 0 bridgehead atoms. The van der Waals surface area contributed by atoms with Crippen molar-refractivity contribution in [2.45, 2.75) is 25.9 Å². The number of hydrogen-bond acceptors (Lipinski definition) is 4. The molecule has 0 atom stereocenters. The summed E-state index contributed by atoms with van der Waals surface area (Å²) in [5, 5.41) is 0.647. The Balaban J connectivity index is 2.03. The summed E-state index contributed by atoms with van der Waals surface area (Å²) in [5.74, 6) is 0.466. The van der Waals surface area contributed by atoms with Crippen LogP contribution in [0.25, 0.3) is 0 Å². The maximum absolute atomic E-state index is 12.0. The summed E-state index contributed by atoms with van der Waals surface area (Å²) in [6, 6.07) is 3.72. The third-order valence-corrected chi connectivity index (χ3v) is 3.42. The molecule has 0 amide bonds. The van der Waals surface area contributed by atoms with E-state index in [-0.39, 0.29) is 5.78 Å². The fourth-order valence-corrected chi connectivity index (χ4v) is 2.48. The van der Waals surface area contributed by atoms with E-state index in [9.17, 15) is 4.79 Å². The van der Waals surface area contributed by atoms with Gasteiger partial charge in [0.05, 0.1) is 5.75 Å². The van der Waals surface area contributed by atoms with Crippen LogP contribution < -0.4 is 0 Å². The van der Waals surface area contributed by atoms with Gasteiger partial charge < -0.3 is 4.98 Å². The van der Waals surface area contributed by atoms with Crippen LogP contribution in [0.15, 0.2) is 23.5 Å². The van der Waals surface area contributed by atoms with Crippen molar-refractivity contribution in [1.29, 1.82) is 0 Å². The highest BCUT2D eigenvalue weighted by Crippen LogP contribution is 2.17. The predicted octanol–water partition coefficient (Wildman–Crippen LogP) is 2.70. The molecule has 5 heteroatoms. The number of thioether (sulfide) groups is 1. The monoisotopic (exact) mass is 261 g/mol. The Morgan fingerprint density at radius 2 is 2.17 bits per heavy atom. The molecule has 0 unspecified atom stereocenters. The first-order valence-corrected chi connectivity index (χ1v) is 6.66. The Morgan fingerprint density at radius 1 is 1.39 bits per heavy atom. The minimum absolute atomic E-state index is 0.104. The molecule has 0 saturated heterocycles. The van der Waals surface area contributed by atoms with Gasteiger partial charge >= 0.3 is 0 Å². The Kier molecular flexibility index (Phi) is 3.81. The Bertz CT molecular complexity index is 577. The van der Waals surface area contributed by atoms with Crippen LogP contribution in [0, 0.1) is 20.8 Å². The van der Waals surface area contributed by atoms with E-state index < -0.39 is 0 Å². The molecule has 0 saturated carbocycles. The highest BCUT2D eigenvalue weighted by Gasteiger charge is 2.12. The number of nitrogens with one attached hydrogen (secondary N) is 1. The van der Waals surface area contributed by atoms with Crippen LogP contribution in [-0.4, -0.2) is 26.5 Å². The molecule has 2 aromatic heterocycles. The number of aryl methyl sites for hydroxylation is 3. The molecule has 94 valence electrons. The average molecular weight is 261 g/mol. The van der Waals surface area contributed by atoms with Crippen molar-refractivity contribution in [3.63, 3.8) is 0 Å². The summed E-state index contributed by atoms with van der Waals surface area (Å²) in [5.41, 5.74) is 3.59. The van der Waals surface area contributed by atoms with Gasteiger partial charge in [-0.2, -0.15) is 0 Å². The summed E-state index contributed by atoms with van der Waals surface area (Å²) < 4.78 is 0. The molecule has 1 N–H and O–H groups in total. The van der Waals surface area contributed by atoms with E-state index in [4.69, 9.17) is 0 Å². The first-order chi connectivity index (χ1) is 8.56. The van der Waals surface area contributed by atoms with Gasteiger partial charge in [0.2, 0.25) is 0 Å². The molecule has 18 heavy (non-hydrogen) atoms. The molecule has 0 spiro atoms. The minimum atomic E-state index is 0.104. The maximum Gasteiger partial charge on any atom is 0.188 e. The number of Topliss-reactive ketones (excluding diaryl/α,β-unsaturated/α-hetero) is 1. The third-order valence-electron chi connectivity index (χ3n) is 2.55. The van der Waals surface area contributed by atoms with Crippen molar-refractivity contribution < 1.29 is 4.79 Å². The zero-order valence-corrected chi connectivity index (χ0v) is 11.5. The number of nitrogens with zero attached hydrogens (tertiary/aromatic N) is 2. The van der Waals surface area contributed by atoms with Crippen LogP contribution >= 0.6 is 11.8 Å². The Hall–Kier alpha value is -1.62. The molecule has 0 aromatic carbocycles. The van der Waals surface area contributed by atoms with Crippen LogP contribution in [0.1, 0.15) is 27.4 Å². The van der Waals surface area contributed by atoms with Crippen LogP contribution in [0.2, 0.25) is 0 Å². The average Bonchev–Trinajstić information content (AvgIpc) is 2.66. The van der Waals surface area contributed by atoms with Gasteiger partial charge in [0.1, 0.15) is 0 Å². The third kappa shape index (κ3) is 2.98. The molecule has 0 aliphatic carbocycles. The van der Waals surface area contributed by atoms with Gasteiger partial charge in [0.15, 0.2) is 10.9 Å². The smallest absolute Gasteiger partial charge is 0.188 e. The lowest BCUT2D eigenvalue weighted by molar-refractivity contribution is 0.102. The molecule has 4 nitrogen and oxygen atoms in total. The van der Waals surface area contributed by atoms with E-state index in [1.807, 2.05) is 32.9 Å². The lowest BCUT2D eigenvalue weighted by atomic mass is 10.2. The molecule has 0 radical (unpaired) electrons. The number of carbonyl (C=O) groups is 1.